The highest BCUT2D eigenvalue weighted by Gasteiger charge is 2.44. The van der Waals surface area contributed by atoms with Crippen molar-refractivity contribution in [3.8, 4) is 0 Å². The molecule has 4 saturated heterocycles. The van der Waals surface area contributed by atoms with Crippen molar-refractivity contribution in [3.63, 3.8) is 0 Å². The number of nitrogens with zero attached hydrogens (tertiary/aromatic N) is 7. The van der Waals surface area contributed by atoms with E-state index < -0.39 is 66.1 Å². The molecule has 5 aromatic rings. The molecular formula is C52H63F5N10O6. The number of hydrogen-bond acceptors (Lipinski definition) is 9. The molecule has 16 nitrogen and oxygen atoms in total. The first kappa shape index (κ1) is 51.2. The van der Waals surface area contributed by atoms with Gasteiger partial charge in [0.05, 0.1) is 59.3 Å². The van der Waals surface area contributed by atoms with Gasteiger partial charge in [0, 0.05) is 38.9 Å². The zero-order chi connectivity index (χ0) is 52.2. The second kappa shape index (κ2) is 20.3. The molecule has 0 unspecified atom stereocenters. The van der Waals surface area contributed by atoms with Crippen LogP contribution in [0, 0.1) is 29.4 Å². The molecule has 6 atom stereocenters. The second-order valence-corrected chi connectivity index (χ2v) is 20.7. The Morgan fingerprint density at radius 3 is 1.68 bits per heavy atom. The highest BCUT2D eigenvalue weighted by molar-refractivity contribution is 5.87. The van der Waals surface area contributed by atoms with Crippen LogP contribution in [0.5, 0.6) is 0 Å². The monoisotopic (exact) mass is 1020 g/mol. The molecule has 0 radical (unpaired) electrons. The summed E-state index contributed by atoms with van der Waals surface area (Å²) in [6.07, 6.45) is -3.01. The fraction of sp³-hybridized carbons (Fsp3) is 0.538. The van der Waals surface area contributed by atoms with Gasteiger partial charge in [-0.1, -0.05) is 39.8 Å². The van der Waals surface area contributed by atoms with Crippen molar-refractivity contribution in [2.24, 2.45) is 17.8 Å². The minimum Gasteiger partial charge on any atom is -0.465 e. The SMILES string of the molecule is COC(=O)N[C@H](C(=O)N1CCC[C@H]1c1nc2cc([C@H]3CC[C@H](c4ccc5[nH]c([C@@H]6CCCN6C(=O)[C@H](C(C)C)N(C)C(=O)O)nc5c4)N3c3cc(F)c(N4CCC(C(F)(F)F)CC4)c(F)c3)ccc2[nH]1)C(C)C. The first-order valence-corrected chi connectivity index (χ1v) is 25.2. The highest BCUT2D eigenvalue weighted by Crippen LogP contribution is 2.49. The Kier molecular flexibility index (Phi) is 14.3. The van der Waals surface area contributed by atoms with Crippen molar-refractivity contribution >= 4 is 57.4 Å². The predicted octanol–water partition coefficient (Wildman–Crippen LogP) is 9.92. The number of halogens is 5. The normalized spacial score (nSPS) is 21.8. The maximum atomic E-state index is 16.5. The first-order valence-electron chi connectivity index (χ1n) is 25.2. The summed E-state index contributed by atoms with van der Waals surface area (Å²) in [6.45, 7) is 7.94. The molecule has 0 saturated carbocycles. The summed E-state index contributed by atoms with van der Waals surface area (Å²) in [5, 5.41) is 12.5. The largest absolute Gasteiger partial charge is 0.465 e. The highest BCUT2D eigenvalue weighted by atomic mass is 19.4. The zero-order valence-electron chi connectivity index (χ0n) is 41.8. The van der Waals surface area contributed by atoms with Crippen LogP contribution in [0.1, 0.15) is 126 Å². The Hall–Kier alpha value is -6.67. The van der Waals surface area contributed by atoms with Gasteiger partial charge in [-0.15, -0.1) is 0 Å². The lowest BCUT2D eigenvalue weighted by molar-refractivity contribution is -0.179. The molecule has 4 amide bonds. The lowest BCUT2D eigenvalue weighted by atomic mass is 9.95. The molecule has 21 heteroatoms. The van der Waals surface area contributed by atoms with E-state index in [1.807, 2.05) is 69.0 Å². The molecule has 4 fully saturated rings. The van der Waals surface area contributed by atoms with Crippen LogP contribution in [0.2, 0.25) is 0 Å². The summed E-state index contributed by atoms with van der Waals surface area (Å²) >= 11 is 0. The first-order chi connectivity index (χ1) is 34.7. The number of fused-ring (bicyclic) bond motifs is 2. The average Bonchev–Trinajstić information content (AvgIpc) is 4.21. The Balaban J connectivity index is 1.04. The Morgan fingerprint density at radius 1 is 0.726 bits per heavy atom. The van der Waals surface area contributed by atoms with Gasteiger partial charge in [-0.05, 0) is 111 Å². The number of likely N-dealkylation sites (tertiary alicyclic amines) is 2. The summed E-state index contributed by atoms with van der Waals surface area (Å²) in [5.41, 5.74) is 4.17. The number of alkyl halides is 3. The second-order valence-electron chi connectivity index (χ2n) is 20.7. The summed E-state index contributed by atoms with van der Waals surface area (Å²) < 4.78 is 78.5. The molecule has 3 aromatic carbocycles. The number of ether oxygens (including phenoxy) is 1. The van der Waals surface area contributed by atoms with Crippen LogP contribution in [0.25, 0.3) is 22.1 Å². The average molecular weight is 1020 g/mol. The van der Waals surface area contributed by atoms with Gasteiger partial charge in [0.15, 0.2) is 11.6 Å². The molecule has 4 aliphatic heterocycles. The third kappa shape index (κ3) is 9.94. The van der Waals surface area contributed by atoms with Gasteiger partial charge in [0.25, 0.3) is 0 Å². The molecule has 9 rings (SSSR count). The maximum Gasteiger partial charge on any atom is 0.407 e. The van der Waals surface area contributed by atoms with E-state index in [-0.39, 0.29) is 67.0 Å². The number of methoxy groups -OCH3 is 1. The zero-order valence-corrected chi connectivity index (χ0v) is 41.8. The molecule has 2 aromatic heterocycles. The number of H-pyrrole nitrogens is 2. The fourth-order valence-corrected chi connectivity index (χ4v) is 11.8. The topological polar surface area (TPSA) is 183 Å². The number of carbonyl (C=O) groups excluding carboxylic acids is 3. The van der Waals surface area contributed by atoms with Gasteiger partial charge >= 0.3 is 18.4 Å². The number of rotatable bonds is 12. The maximum absolute atomic E-state index is 16.5. The quantitative estimate of drug-likeness (QED) is 0.0878. The summed E-state index contributed by atoms with van der Waals surface area (Å²) in [4.78, 5) is 76.7. The molecule has 4 aliphatic rings. The number of carboxylic acid groups (broad SMARTS) is 1. The van der Waals surface area contributed by atoms with Crippen LogP contribution in [-0.2, 0) is 14.3 Å². The van der Waals surface area contributed by atoms with E-state index in [1.165, 1.54) is 31.2 Å². The molecule has 73 heavy (non-hydrogen) atoms. The summed E-state index contributed by atoms with van der Waals surface area (Å²) in [6, 6.07) is 10.7. The van der Waals surface area contributed by atoms with Crippen LogP contribution in [0.3, 0.4) is 0 Å². The third-order valence-corrected chi connectivity index (χ3v) is 15.5. The number of alkyl carbamates (subject to hydrolysis) is 1. The summed E-state index contributed by atoms with van der Waals surface area (Å²) in [5.74, 6) is -3.18. The number of amides is 4. The molecule has 0 bridgehead atoms. The van der Waals surface area contributed by atoms with Crippen molar-refractivity contribution < 1.29 is 51.0 Å². The number of nitrogens with one attached hydrogen (secondary N) is 3. The van der Waals surface area contributed by atoms with Crippen LogP contribution in [-0.4, -0.2) is 122 Å². The van der Waals surface area contributed by atoms with Crippen molar-refractivity contribution in [1.29, 1.82) is 0 Å². The molecule has 4 N–H and O–H groups in total. The molecule has 0 spiro atoms. The van der Waals surface area contributed by atoms with Crippen molar-refractivity contribution in [1.82, 2.24) is 40.0 Å². The van der Waals surface area contributed by atoms with Crippen LogP contribution in [0.15, 0.2) is 48.5 Å². The Bertz CT molecular complexity index is 2860. The van der Waals surface area contributed by atoms with Gasteiger partial charge in [-0.2, -0.15) is 13.2 Å². The Morgan fingerprint density at radius 2 is 1.23 bits per heavy atom. The lowest BCUT2D eigenvalue weighted by Crippen LogP contribution is -2.51. The van der Waals surface area contributed by atoms with Gasteiger partial charge < -0.3 is 44.7 Å². The molecule has 6 heterocycles. The van der Waals surface area contributed by atoms with Gasteiger partial charge in [0.1, 0.15) is 29.4 Å². The van der Waals surface area contributed by atoms with Gasteiger partial charge in [-0.25, -0.2) is 28.3 Å². The molecule has 392 valence electrons. The number of benzene rings is 3. The van der Waals surface area contributed by atoms with Crippen molar-refractivity contribution in [3.05, 3.63) is 82.9 Å². The number of anilines is 2. The van der Waals surface area contributed by atoms with Gasteiger partial charge in [-0.3, -0.25) is 14.5 Å². The van der Waals surface area contributed by atoms with Crippen LogP contribution in [0.4, 0.5) is 42.9 Å². The number of aromatic nitrogens is 4. The van der Waals surface area contributed by atoms with E-state index in [9.17, 15) is 37.5 Å². The lowest BCUT2D eigenvalue weighted by Gasteiger charge is -2.36. The Labute approximate surface area is 419 Å². The number of likely N-dealkylation sites (N-methyl/N-ethyl adjacent to an activating group) is 1. The minimum atomic E-state index is -4.39. The van der Waals surface area contributed by atoms with Crippen LogP contribution < -0.4 is 15.1 Å². The number of aromatic amines is 2. The van der Waals surface area contributed by atoms with E-state index in [4.69, 9.17) is 14.7 Å². The van der Waals surface area contributed by atoms with Gasteiger partial charge in [0.2, 0.25) is 11.8 Å². The molecule has 0 aliphatic carbocycles. The number of hydrogen-bond donors (Lipinski definition) is 4. The number of imidazole rings is 2. The van der Waals surface area contributed by atoms with Crippen molar-refractivity contribution in [2.75, 3.05) is 50.1 Å². The number of carbonyl (C=O) groups is 4. The van der Waals surface area contributed by atoms with Crippen LogP contribution >= 0.6 is 0 Å². The third-order valence-electron chi connectivity index (χ3n) is 15.5. The van der Waals surface area contributed by atoms with Crippen molar-refractivity contribution in [2.45, 2.75) is 121 Å². The smallest absolute Gasteiger partial charge is 0.407 e. The predicted molar refractivity (Wildman–Crippen MR) is 263 cm³/mol. The van der Waals surface area contributed by atoms with E-state index in [2.05, 4.69) is 15.3 Å². The van der Waals surface area contributed by atoms with E-state index in [1.54, 1.807) is 9.80 Å². The van der Waals surface area contributed by atoms with E-state index in [0.717, 1.165) is 28.0 Å². The summed E-state index contributed by atoms with van der Waals surface area (Å²) in [7, 11) is 2.64. The molecular weight excluding hydrogens is 956 g/mol. The van der Waals surface area contributed by atoms with E-state index in [0.29, 0.717) is 73.4 Å². The van der Waals surface area contributed by atoms with E-state index >= 15 is 8.78 Å². The standard InChI is InChI=1S/C52H63F5N10O6/c1-27(2)43(62-50(70)73-6)48(68)65-19-7-9-41(65)46-58-35-13-11-29(23-37(35)60-46)39-15-16-40(67(39)32-25-33(53)45(34(54)26-32)64-21-17-31(18-22-64)52(55,56)57)30-12-14-36-38(24-30)61-47(59-36)42-10-8-20-66(42)49(69)44(28(3)4)63(5)51(71)72/h11-14,23-28,31,39-44H,7-10,15-22H2,1-6H3,(H,58,60)(H,59,61)(H,62,70)(H,71,72)/t39-,40-,41+,42+,43+,44+/m1/s1. The fourth-order valence-electron chi connectivity index (χ4n) is 11.8. The minimum absolute atomic E-state index is 0.149. The number of piperidine rings is 1.